The largest absolute Gasteiger partial charge is 0.379 e. The van der Waals surface area contributed by atoms with E-state index in [1.807, 2.05) is 20.8 Å². The number of nitrogens with zero attached hydrogens (tertiary/aromatic N) is 3. The van der Waals surface area contributed by atoms with Crippen molar-refractivity contribution in [3.8, 4) is 0 Å². The highest BCUT2D eigenvalue weighted by molar-refractivity contribution is 5.88. The van der Waals surface area contributed by atoms with Crippen molar-refractivity contribution in [3.05, 3.63) is 12.7 Å². The molecule has 2 fully saturated rings. The van der Waals surface area contributed by atoms with Crippen LogP contribution in [0.1, 0.15) is 41.0 Å². The van der Waals surface area contributed by atoms with Gasteiger partial charge >= 0.3 is 0 Å². The molecule has 2 aliphatic rings. The minimum absolute atomic E-state index is 0.0951. The van der Waals surface area contributed by atoms with Crippen LogP contribution in [0.2, 0.25) is 0 Å². The molecule has 0 spiro atoms. The Hall–Kier alpha value is -1.40. The fraction of sp³-hybridized carbons (Fsp3) is 0.778. The van der Waals surface area contributed by atoms with Crippen molar-refractivity contribution >= 4 is 11.8 Å². The molecule has 0 aromatic rings. The first-order valence-electron chi connectivity index (χ1n) is 8.97. The van der Waals surface area contributed by atoms with Gasteiger partial charge in [0.05, 0.1) is 0 Å². The first-order valence-corrected chi connectivity index (χ1v) is 8.97. The molecule has 0 aromatic heterocycles. The van der Waals surface area contributed by atoms with Crippen molar-refractivity contribution in [2.24, 2.45) is 0 Å². The van der Waals surface area contributed by atoms with E-state index < -0.39 is 5.60 Å². The van der Waals surface area contributed by atoms with Crippen molar-refractivity contribution in [1.29, 1.82) is 0 Å². The van der Waals surface area contributed by atoms with E-state index >= 15 is 0 Å². The third kappa shape index (κ3) is 4.36. The first-order chi connectivity index (χ1) is 11.3. The molecular weight excluding hydrogens is 306 g/mol. The molecule has 0 bridgehead atoms. The Morgan fingerprint density at radius 1 is 1.25 bits per heavy atom. The van der Waals surface area contributed by atoms with Gasteiger partial charge in [-0.25, -0.2) is 0 Å². The smallest absolute Gasteiger partial charge is 0.256 e. The van der Waals surface area contributed by atoms with Crippen LogP contribution in [0.25, 0.3) is 0 Å². The SMILES string of the molecule is C=CC(=O)N1CCN(C(=O)C2(O)CCN(C(C)C)C2)C(C)C1.CC. The standard InChI is InChI=1S/C16H27N3O3.C2H6/c1-5-14(20)17-8-9-19(13(4)10-17)15(21)16(22)6-7-18(11-16)12(2)3;1-2/h5,12-13,22H,1,6-11H2,2-4H3;1-2H3. The van der Waals surface area contributed by atoms with Crippen molar-refractivity contribution in [1.82, 2.24) is 14.7 Å². The summed E-state index contributed by atoms with van der Waals surface area (Å²) in [6.07, 6.45) is 1.78. The minimum atomic E-state index is -1.29. The zero-order chi connectivity index (χ0) is 18.5. The molecular formula is C18H33N3O3. The number of piperazine rings is 1. The minimum Gasteiger partial charge on any atom is -0.379 e. The molecule has 2 rings (SSSR count). The molecule has 0 saturated carbocycles. The van der Waals surface area contributed by atoms with E-state index in [4.69, 9.17) is 0 Å². The Balaban J connectivity index is 0.00000139. The number of carbonyl (C=O) groups excluding carboxylic acids is 2. The van der Waals surface area contributed by atoms with Gasteiger partial charge in [0.25, 0.3) is 5.91 Å². The topological polar surface area (TPSA) is 64.1 Å². The average molecular weight is 339 g/mol. The first kappa shape index (κ1) is 20.6. The van der Waals surface area contributed by atoms with Gasteiger partial charge in [0, 0.05) is 44.8 Å². The molecule has 2 amide bonds. The van der Waals surface area contributed by atoms with Crippen LogP contribution >= 0.6 is 0 Å². The van der Waals surface area contributed by atoms with E-state index in [9.17, 15) is 14.7 Å². The number of aliphatic hydroxyl groups is 1. The molecule has 2 heterocycles. The number of carbonyl (C=O) groups is 2. The van der Waals surface area contributed by atoms with Crippen LogP contribution in [-0.2, 0) is 9.59 Å². The number of hydrogen-bond acceptors (Lipinski definition) is 4. The lowest BCUT2D eigenvalue weighted by Crippen LogP contribution is -2.61. The lowest BCUT2D eigenvalue weighted by Gasteiger charge is -2.42. The van der Waals surface area contributed by atoms with Crippen LogP contribution in [0, 0.1) is 0 Å². The van der Waals surface area contributed by atoms with Gasteiger partial charge in [0.2, 0.25) is 5.91 Å². The molecule has 0 radical (unpaired) electrons. The van der Waals surface area contributed by atoms with Crippen LogP contribution in [0.4, 0.5) is 0 Å². The predicted octanol–water partition coefficient (Wildman–Crippen LogP) is 1.10. The summed E-state index contributed by atoms with van der Waals surface area (Å²) in [6.45, 7) is 16.1. The summed E-state index contributed by atoms with van der Waals surface area (Å²) in [5.41, 5.74) is -1.29. The monoisotopic (exact) mass is 339 g/mol. The molecule has 24 heavy (non-hydrogen) atoms. The third-order valence-electron chi connectivity index (χ3n) is 4.78. The second-order valence-corrected chi connectivity index (χ2v) is 6.68. The molecule has 2 saturated heterocycles. The van der Waals surface area contributed by atoms with Gasteiger partial charge in [-0.2, -0.15) is 0 Å². The normalized spacial score (nSPS) is 27.7. The molecule has 2 aliphatic heterocycles. The summed E-state index contributed by atoms with van der Waals surface area (Å²) < 4.78 is 0. The second kappa shape index (κ2) is 8.62. The number of β-amino-alcohol motifs (C(OH)–C–C–N with tert-alkyl or cyclic N) is 1. The molecule has 138 valence electrons. The number of rotatable bonds is 3. The number of amides is 2. The summed E-state index contributed by atoms with van der Waals surface area (Å²) in [5.74, 6) is -0.307. The number of hydrogen-bond donors (Lipinski definition) is 1. The summed E-state index contributed by atoms with van der Waals surface area (Å²) >= 11 is 0. The average Bonchev–Trinajstić information content (AvgIpc) is 2.99. The lowest BCUT2D eigenvalue weighted by atomic mass is 9.99. The second-order valence-electron chi connectivity index (χ2n) is 6.68. The zero-order valence-corrected chi connectivity index (χ0v) is 15.8. The Bertz CT molecular complexity index is 466. The van der Waals surface area contributed by atoms with Crippen LogP contribution in [0.3, 0.4) is 0 Å². The highest BCUT2D eigenvalue weighted by atomic mass is 16.3. The van der Waals surface area contributed by atoms with E-state index in [0.29, 0.717) is 38.6 Å². The fourth-order valence-electron chi connectivity index (χ4n) is 3.29. The van der Waals surface area contributed by atoms with Gasteiger partial charge < -0.3 is 14.9 Å². The van der Waals surface area contributed by atoms with Crippen molar-refractivity contribution in [3.63, 3.8) is 0 Å². The maximum Gasteiger partial charge on any atom is 0.256 e. The summed E-state index contributed by atoms with van der Waals surface area (Å²) in [6, 6.07) is 0.226. The Kier molecular flexibility index (Phi) is 7.42. The maximum atomic E-state index is 12.8. The molecule has 1 N–H and O–H groups in total. The molecule has 0 aromatic carbocycles. The van der Waals surface area contributed by atoms with Gasteiger partial charge in [0.1, 0.15) is 0 Å². The molecule has 0 aliphatic carbocycles. The Morgan fingerprint density at radius 2 is 1.88 bits per heavy atom. The number of likely N-dealkylation sites (tertiary alicyclic amines) is 1. The molecule has 2 atom stereocenters. The summed E-state index contributed by atoms with van der Waals surface area (Å²) in [7, 11) is 0. The summed E-state index contributed by atoms with van der Waals surface area (Å²) in [5, 5.41) is 10.7. The van der Waals surface area contributed by atoms with Crippen LogP contribution < -0.4 is 0 Å². The van der Waals surface area contributed by atoms with Crippen molar-refractivity contribution < 1.29 is 14.7 Å². The van der Waals surface area contributed by atoms with E-state index in [1.165, 1.54) is 6.08 Å². The Morgan fingerprint density at radius 3 is 2.33 bits per heavy atom. The van der Waals surface area contributed by atoms with E-state index in [1.54, 1.807) is 9.80 Å². The molecule has 6 heteroatoms. The van der Waals surface area contributed by atoms with Crippen molar-refractivity contribution in [2.75, 3.05) is 32.7 Å². The Labute approximate surface area is 146 Å². The van der Waals surface area contributed by atoms with Gasteiger partial charge in [0.15, 0.2) is 5.60 Å². The van der Waals surface area contributed by atoms with Gasteiger partial charge in [-0.3, -0.25) is 14.5 Å². The van der Waals surface area contributed by atoms with E-state index in [2.05, 4.69) is 25.3 Å². The summed E-state index contributed by atoms with van der Waals surface area (Å²) in [4.78, 5) is 30.0. The highest BCUT2D eigenvalue weighted by Gasteiger charge is 2.47. The third-order valence-corrected chi connectivity index (χ3v) is 4.78. The van der Waals surface area contributed by atoms with Crippen LogP contribution in [0.15, 0.2) is 12.7 Å². The maximum absolute atomic E-state index is 12.8. The quantitative estimate of drug-likeness (QED) is 0.782. The zero-order valence-electron chi connectivity index (χ0n) is 15.8. The molecule has 6 nitrogen and oxygen atoms in total. The van der Waals surface area contributed by atoms with Gasteiger partial charge in [-0.15, -0.1) is 0 Å². The van der Waals surface area contributed by atoms with Crippen molar-refractivity contribution in [2.45, 2.75) is 58.7 Å². The lowest BCUT2D eigenvalue weighted by molar-refractivity contribution is -0.156. The fourth-order valence-corrected chi connectivity index (χ4v) is 3.29. The van der Waals surface area contributed by atoms with Crippen LogP contribution in [0.5, 0.6) is 0 Å². The van der Waals surface area contributed by atoms with Gasteiger partial charge in [-0.1, -0.05) is 20.4 Å². The van der Waals surface area contributed by atoms with E-state index in [0.717, 1.165) is 6.54 Å². The molecule has 2 unspecified atom stereocenters. The van der Waals surface area contributed by atoms with Gasteiger partial charge in [-0.05, 0) is 33.3 Å². The highest BCUT2D eigenvalue weighted by Crippen LogP contribution is 2.27. The van der Waals surface area contributed by atoms with E-state index in [-0.39, 0.29) is 17.9 Å². The van der Waals surface area contributed by atoms with Crippen LogP contribution in [-0.4, -0.2) is 82.0 Å². The predicted molar refractivity (Wildman–Crippen MR) is 95.6 cm³/mol.